The minimum Gasteiger partial charge on any atom is -0.387 e. The van der Waals surface area contributed by atoms with Gasteiger partial charge in [-0.05, 0) is 49.6 Å². The van der Waals surface area contributed by atoms with Crippen LogP contribution >= 0.6 is 54.8 Å². The Morgan fingerprint density at radius 2 is 2.11 bits per heavy atom. The highest BCUT2D eigenvalue weighted by atomic mass is 79.9. The molecule has 0 aliphatic heterocycles. The van der Waals surface area contributed by atoms with Crippen molar-refractivity contribution >= 4 is 54.8 Å². The molecule has 18 heavy (non-hydrogen) atoms. The number of halogens is 4. The van der Waals surface area contributed by atoms with Gasteiger partial charge in [0.2, 0.25) is 0 Å². The van der Waals surface area contributed by atoms with Crippen LogP contribution in [0.2, 0.25) is 4.34 Å². The summed E-state index contributed by atoms with van der Waals surface area (Å²) in [7, 11) is 0. The van der Waals surface area contributed by atoms with Gasteiger partial charge in [-0.25, -0.2) is 4.39 Å². The van der Waals surface area contributed by atoms with Crippen LogP contribution in [0.1, 0.15) is 16.5 Å². The smallest absolute Gasteiger partial charge is 0.137 e. The maximum absolute atomic E-state index is 13.3. The highest BCUT2D eigenvalue weighted by Crippen LogP contribution is 2.36. The first-order valence-corrected chi connectivity index (χ1v) is 7.82. The monoisotopic (exact) mass is 412 g/mol. The number of benzene rings is 1. The number of rotatable bonds is 3. The molecule has 0 saturated carbocycles. The van der Waals surface area contributed by atoms with Crippen molar-refractivity contribution in [2.45, 2.75) is 12.5 Å². The molecule has 1 atom stereocenters. The minimum absolute atomic E-state index is 0.329. The van der Waals surface area contributed by atoms with E-state index in [0.717, 1.165) is 14.9 Å². The van der Waals surface area contributed by atoms with Crippen LogP contribution in [0.4, 0.5) is 4.39 Å². The van der Waals surface area contributed by atoms with Crippen molar-refractivity contribution in [1.82, 2.24) is 0 Å². The van der Waals surface area contributed by atoms with Gasteiger partial charge >= 0.3 is 0 Å². The molecule has 0 radical (unpaired) electrons. The van der Waals surface area contributed by atoms with Gasteiger partial charge in [-0.2, -0.15) is 0 Å². The lowest BCUT2D eigenvalue weighted by molar-refractivity contribution is 0.182. The lowest BCUT2D eigenvalue weighted by Crippen LogP contribution is -2.01. The fraction of sp³-hybridized carbons (Fsp3) is 0.167. The molecule has 6 heteroatoms. The third-order valence-corrected chi connectivity index (χ3v) is 5.90. The molecule has 1 heterocycles. The normalized spacial score (nSPS) is 12.7. The first-order chi connectivity index (χ1) is 8.49. The molecule has 0 saturated heterocycles. The van der Waals surface area contributed by atoms with E-state index in [2.05, 4.69) is 31.9 Å². The molecule has 0 aliphatic carbocycles. The zero-order valence-corrected chi connectivity index (χ0v) is 13.7. The highest BCUT2D eigenvalue weighted by molar-refractivity contribution is 9.10. The van der Waals surface area contributed by atoms with Crippen LogP contribution in [0.3, 0.4) is 0 Å². The molecule has 1 unspecified atom stereocenters. The van der Waals surface area contributed by atoms with E-state index in [0.29, 0.717) is 15.2 Å². The molecule has 1 N–H and O–H groups in total. The molecule has 1 aromatic carbocycles. The molecule has 0 amide bonds. The van der Waals surface area contributed by atoms with Crippen LogP contribution in [0.25, 0.3) is 0 Å². The second-order valence-electron chi connectivity index (χ2n) is 3.70. The molecule has 2 rings (SSSR count). The summed E-state index contributed by atoms with van der Waals surface area (Å²) in [6, 6.07) is 6.56. The van der Waals surface area contributed by atoms with Gasteiger partial charge in [0.25, 0.3) is 0 Å². The number of hydrogen-bond donors (Lipinski definition) is 1. The predicted octanol–water partition coefficient (Wildman–Crippen LogP) is 5.34. The molecule has 0 bridgehead atoms. The van der Waals surface area contributed by atoms with E-state index in [9.17, 15) is 9.50 Å². The summed E-state index contributed by atoms with van der Waals surface area (Å²) < 4.78 is 15.1. The SMILES string of the molecule is OC(Cc1cccc(F)c1Br)c1cc(Br)c(Cl)s1. The van der Waals surface area contributed by atoms with Gasteiger partial charge in [0.15, 0.2) is 0 Å². The standard InChI is InChI=1S/C12H8Br2ClFOS/c13-7-5-10(18-12(7)15)9(17)4-6-2-1-3-8(16)11(6)14/h1-3,5,9,17H,4H2. The molecule has 0 fully saturated rings. The number of aliphatic hydroxyl groups is 1. The van der Waals surface area contributed by atoms with Crippen LogP contribution in [-0.4, -0.2) is 5.11 Å². The second-order valence-corrected chi connectivity index (χ2v) is 7.04. The number of hydrogen-bond acceptors (Lipinski definition) is 2. The quantitative estimate of drug-likeness (QED) is 0.719. The van der Waals surface area contributed by atoms with Crippen LogP contribution < -0.4 is 0 Å². The zero-order chi connectivity index (χ0) is 13.3. The summed E-state index contributed by atoms with van der Waals surface area (Å²) in [5.74, 6) is -0.329. The van der Waals surface area contributed by atoms with Crippen LogP contribution in [-0.2, 0) is 6.42 Å². The zero-order valence-electron chi connectivity index (χ0n) is 8.96. The van der Waals surface area contributed by atoms with Crippen molar-refractivity contribution in [1.29, 1.82) is 0 Å². The molecular formula is C12H8Br2ClFOS. The van der Waals surface area contributed by atoms with Crippen molar-refractivity contribution in [3.05, 3.63) is 53.8 Å². The maximum atomic E-state index is 13.3. The average molecular weight is 415 g/mol. The summed E-state index contributed by atoms with van der Waals surface area (Å²) >= 11 is 13.7. The highest BCUT2D eigenvalue weighted by Gasteiger charge is 2.16. The van der Waals surface area contributed by atoms with E-state index in [1.807, 2.05) is 0 Å². The van der Waals surface area contributed by atoms with E-state index < -0.39 is 6.10 Å². The third kappa shape index (κ3) is 3.14. The average Bonchev–Trinajstić information content (AvgIpc) is 2.66. The topological polar surface area (TPSA) is 20.2 Å². The summed E-state index contributed by atoms with van der Waals surface area (Å²) in [6.07, 6.45) is -0.362. The first kappa shape index (κ1) is 14.5. The lowest BCUT2D eigenvalue weighted by atomic mass is 10.1. The van der Waals surface area contributed by atoms with Gasteiger partial charge in [0.05, 0.1) is 10.6 Å². The fourth-order valence-electron chi connectivity index (χ4n) is 1.54. The Hall–Kier alpha value is 0.0600. The summed E-state index contributed by atoms with van der Waals surface area (Å²) in [5.41, 5.74) is 0.725. The van der Waals surface area contributed by atoms with Gasteiger partial charge in [0, 0.05) is 15.8 Å². The molecule has 0 aliphatic rings. The van der Waals surface area contributed by atoms with E-state index in [-0.39, 0.29) is 5.82 Å². The minimum atomic E-state index is -0.697. The molecule has 2 aromatic rings. The Morgan fingerprint density at radius 3 is 2.72 bits per heavy atom. The van der Waals surface area contributed by atoms with Crippen molar-refractivity contribution < 1.29 is 9.50 Å². The van der Waals surface area contributed by atoms with Crippen molar-refractivity contribution in [3.63, 3.8) is 0 Å². The predicted molar refractivity (Wildman–Crippen MR) is 79.8 cm³/mol. The maximum Gasteiger partial charge on any atom is 0.137 e. The Bertz CT molecular complexity index is 554. The summed E-state index contributed by atoms with van der Waals surface area (Å²) in [5, 5.41) is 10.1. The van der Waals surface area contributed by atoms with Gasteiger partial charge in [0.1, 0.15) is 10.2 Å². The molecule has 0 spiro atoms. The lowest BCUT2D eigenvalue weighted by Gasteiger charge is -2.10. The van der Waals surface area contributed by atoms with Gasteiger partial charge in [-0.3, -0.25) is 0 Å². The van der Waals surface area contributed by atoms with Crippen molar-refractivity contribution in [3.8, 4) is 0 Å². The number of aliphatic hydroxyl groups excluding tert-OH is 1. The fourth-order valence-corrected chi connectivity index (χ4v) is 3.69. The van der Waals surface area contributed by atoms with E-state index >= 15 is 0 Å². The number of thiophene rings is 1. The Kier molecular flexibility index (Phi) is 4.83. The summed E-state index contributed by atoms with van der Waals surface area (Å²) in [6.45, 7) is 0. The van der Waals surface area contributed by atoms with Crippen LogP contribution in [0, 0.1) is 5.82 Å². The van der Waals surface area contributed by atoms with E-state index in [1.54, 1.807) is 18.2 Å². The van der Waals surface area contributed by atoms with Gasteiger partial charge in [-0.1, -0.05) is 23.7 Å². The molecule has 1 aromatic heterocycles. The Balaban J connectivity index is 2.21. The van der Waals surface area contributed by atoms with Crippen molar-refractivity contribution in [2.24, 2.45) is 0 Å². The Labute approximate surface area is 130 Å². The molecule has 1 nitrogen and oxygen atoms in total. The van der Waals surface area contributed by atoms with Gasteiger partial charge < -0.3 is 5.11 Å². The van der Waals surface area contributed by atoms with E-state index in [4.69, 9.17) is 11.6 Å². The largest absolute Gasteiger partial charge is 0.387 e. The third-order valence-electron chi connectivity index (χ3n) is 2.44. The second kappa shape index (κ2) is 6.01. The van der Waals surface area contributed by atoms with Crippen LogP contribution in [0.15, 0.2) is 33.2 Å². The van der Waals surface area contributed by atoms with Crippen molar-refractivity contribution in [2.75, 3.05) is 0 Å². The van der Waals surface area contributed by atoms with Gasteiger partial charge in [-0.15, -0.1) is 11.3 Å². The van der Waals surface area contributed by atoms with Crippen LogP contribution in [0.5, 0.6) is 0 Å². The summed E-state index contributed by atoms with van der Waals surface area (Å²) in [4.78, 5) is 0.753. The molecule has 96 valence electrons. The first-order valence-electron chi connectivity index (χ1n) is 5.04. The Morgan fingerprint density at radius 1 is 1.39 bits per heavy atom. The molecular weight excluding hydrogens is 406 g/mol. The van der Waals surface area contributed by atoms with E-state index in [1.165, 1.54) is 17.4 Å².